The van der Waals surface area contributed by atoms with E-state index in [9.17, 15) is 13.2 Å². The van der Waals surface area contributed by atoms with Crippen molar-refractivity contribution in [1.82, 2.24) is 15.1 Å². The summed E-state index contributed by atoms with van der Waals surface area (Å²) in [5.74, 6) is 0. The molecule has 0 aromatic heterocycles. The van der Waals surface area contributed by atoms with Crippen molar-refractivity contribution in [2.75, 3.05) is 46.3 Å². The predicted molar refractivity (Wildman–Crippen MR) is 60.0 cm³/mol. The van der Waals surface area contributed by atoms with Crippen LogP contribution in [-0.2, 0) is 0 Å². The van der Waals surface area contributed by atoms with Crippen molar-refractivity contribution in [3.63, 3.8) is 0 Å². The van der Waals surface area contributed by atoms with Crippen LogP contribution in [0.25, 0.3) is 0 Å². The van der Waals surface area contributed by atoms with Gasteiger partial charge in [-0.25, -0.2) is 0 Å². The number of hydrogen-bond donors (Lipinski definition) is 1. The van der Waals surface area contributed by atoms with Crippen molar-refractivity contribution >= 4 is 0 Å². The molecule has 0 spiro atoms. The molecule has 17 heavy (non-hydrogen) atoms. The van der Waals surface area contributed by atoms with Crippen molar-refractivity contribution in [2.45, 2.75) is 24.6 Å². The topological polar surface area (TPSA) is 18.5 Å². The van der Waals surface area contributed by atoms with E-state index in [-0.39, 0.29) is 12.8 Å². The number of rotatable bonds is 4. The number of nitrogens with one attached hydrogen (secondary N) is 1. The molecule has 0 aromatic rings. The Bertz CT molecular complexity index is 255. The second-order valence-corrected chi connectivity index (χ2v) is 5.15. The van der Waals surface area contributed by atoms with Gasteiger partial charge in [-0.15, -0.1) is 0 Å². The van der Waals surface area contributed by atoms with Gasteiger partial charge in [0, 0.05) is 39.3 Å². The first-order valence-corrected chi connectivity index (χ1v) is 6.16. The second-order valence-electron chi connectivity index (χ2n) is 5.15. The summed E-state index contributed by atoms with van der Waals surface area (Å²) in [6.07, 6.45) is -3.62. The molecule has 0 bridgehead atoms. The maximum absolute atomic E-state index is 12.6. The molecule has 1 aliphatic heterocycles. The van der Waals surface area contributed by atoms with E-state index >= 15 is 0 Å². The van der Waals surface area contributed by atoms with Crippen LogP contribution < -0.4 is 5.32 Å². The third-order valence-corrected chi connectivity index (χ3v) is 3.78. The summed E-state index contributed by atoms with van der Waals surface area (Å²) in [7, 11) is 2.07. The van der Waals surface area contributed by atoms with Crippen LogP contribution in [0.3, 0.4) is 0 Å². The lowest BCUT2D eigenvalue weighted by molar-refractivity contribution is -0.165. The van der Waals surface area contributed by atoms with Crippen molar-refractivity contribution in [3.8, 4) is 0 Å². The molecule has 2 fully saturated rings. The first-order valence-electron chi connectivity index (χ1n) is 6.16. The van der Waals surface area contributed by atoms with E-state index in [1.807, 2.05) is 0 Å². The van der Waals surface area contributed by atoms with Crippen LogP contribution in [-0.4, -0.2) is 67.8 Å². The van der Waals surface area contributed by atoms with Crippen LogP contribution in [0.1, 0.15) is 12.8 Å². The Morgan fingerprint density at radius 2 is 1.71 bits per heavy atom. The summed E-state index contributed by atoms with van der Waals surface area (Å²) >= 11 is 0. The summed E-state index contributed by atoms with van der Waals surface area (Å²) in [6, 6.07) is 0. The SMILES string of the molecule is CN1CCN(CCNC2(C(F)(F)F)CC2)CC1. The number of halogens is 3. The molecule has 100 valence electrons. The molecule has 6 heteroatoms. The van der Waals surface area contributed by atoms with Gasteiger partial charge >= 0.3 is 6.18 Å². The van der Waals surface area contributed by atoms with Gasteiger partial charge in [-0.05, 0) is 19.9 Å². The van der Waals surface area contributed by atoms with Crippen LogP contribution in [0.5, 0.6) is 0 Å². The van der Waals surface area contributed by atoms with Gasteiger partial charge in [0.2, 0.25) is 0 Å². The van der Waals surface area contributed by atoms with Crippen molar-refractivity contribution in [1.29, 1.82) is 0 Å². The van der Waals surface area contributed by atoms with E-state index < -0.39 is 11.7 Å². The molecule has 0 radical (unpaired) electrons. The molecule has 1 N–H and O–H groups in total. The van der Waals surface area contributed by atoms with Crippen LogP contribution >= 0.6 is 0 Å². The molecule has 1 aliphatic carbocycles. The fourth-order valence-corrected chi connectivity index (χ4v) is 2.21. The molecular formula is C11H20F3N3. The van der Waals surface area contributed by atoms with Gasteiger partial charge in [0.05, 0.1) is 0 Å². The Morgan fingerprint density at radius 3 is 2.18 bits per heavy atom. The van der Waals surface area contributed by atoms with E-state index in [0.717, 1.165) is 26.2 Å². The van der Waals surface area contributed by atoms with Crippen LogP contribution in [0.15, 0.2) is 0 Å². The lowest BCUT2D eigenvalue weighted by Crippen LogP contribution is -2.50. The zero-order chi connectivity index (χ0) is 12.5. The normalized spacial score (nSPS) is 26.1. The maximum Gasteiger partial charge on any atom is 0.406 e. The molecule has 0 unspecified atom stereocenters. The van der Waals surface area contributed by atoms with Gasteiger partial charge in [-0.1, -0.05) is 0 Å². The fourth-order valence-electron chi connectivity index (χ4n) is 2.21. The van der Waals surface area contributed by atoms with E-state index in [1.54, 1.807) is 0 Å². The third kappa shape index (κ3) is 3.11. The highest BCUT2D eigenvalue weighted by molar-refractivity contribution is 5.07. The molecule has 0 atom stereocenters. The monoisotopic (exact) mass is 251 g/mol. The first kappa shape index (κ1) is 13.1. The third-order valence-electron chi connectivity index (χ3n) is 3.78. The molecule has 0 aromatic carbocycles. The molecule has 0 amide bonds. The average molecular weight is 251 g/mol. The summed E-state index contributed by atoms with van der Waals surface area (Å²) in [4.78, 5) is 4.46. The smallest absolute Gasteiger partial charge is 0.304 e. The lowest BCUT2D eigenvalue weighted by Gasteiger charge is -2.33. The van der Waals surface area contributed by atoms with E-state index in [1.165, 1.54) is 0 Å². The second kappa shape index (κ2) is 4.74. The highest BCUT2D eigenvalue weighted by atomic mass is 19.4. The molecule has 1 saturated heterocycles. The largest absolute Gasteiger partial charge is 0.406 e. The van der Waals surface area contributed by atoms with Gasteiger partial charge < -0.3 is 10.2 Å². The minimum absolute atomic E-state index is 0.235. The van der Waals surface area contributed by atoms with E-state index in [0.29, 0.717) is 13.1 Å². The van der Waals surface area contributed by atoms with Crippen LogP contribution in [0, 0.1) is 0 Å². The van der Waals surface area contributed by atoms with Crippen LogP contribution in [0.2, 0.25) is 0 Å². The summed E-state index contributed by atoms with van der Waals surface area (Å²) in [6.45, 7) is 5.07. The van der Waals surface area contributed by atoms with Crippen LogP contribution in [0.4, 0.5) is 13.2 Å². The summed E-state index contributed by atoms with van der Waals surface area (Å²) in [5, 5.41) is 2.69. The fraction of sp³-hybridized carbons (Fsp3) is 1.00. The van der Waals surface area contributed by atoms with Gasteiger partial charge in [0.25, 0.3) is 0 Å². The zero-order valence-electron chi connectivity index (χ0n) is 10.2. The molecule has 3 nitrogen and oxygen atoms in total. The highest BCUT2D eigenvalue weighted by Gasteiger charge is 2.62. The van der Waals surface area contributed by atoms with Crippen molar-refractivity contribution in [3.05, 3.63) is 0 Å². The number of piperazine rings is 1. The number of nitrogens with zero attached hydrogens (tertiary/aromatic N) is 2. The zero-order valence-corrected chi connectivity index (χ0v) is 10.2. The molecule has 2 aliphatic rings. The average Bonchev–Trinajstić information content (AvgIpc) is 3.01. The molecule has 1 heterocycles. The van der Waals surface area contributed by atoms with Gasteiger partial charge in [-0.2, -0.15) is 13.2 Å². The lowest BCUT2D eigenvalue weighted by atomic mass is 10.2. The highest BCUT2D eigenvalue weighted by Crippen LogP contribution is 2.48. The minimum atomic E-state index is -4.09. The summed E-state index contributed by atoms with van der Waals surface area (Å²) in [5.41, 5.74) is -1.56. The Morgan fingerprint density at radius 1 is 1.12 bits per heavy atom. The van der Waals surface area contributed by atoms with Gasteiger partial charge in [-0.3, -0.25) is 4.90 Å². The minimum Gasteiger partial charge on any atom is -0.304 e. The van der Waals surface area contributed by atoms with E-state index in [2.05, 4.69) is 22.2 Å². The maximum atomic E-state index is 12.6. The predicted octanol–water partition coefficient (Wildman–Crippen LogP) is 0.918. The number of hydrogen-bond acceptors (Lipinski definition) is 3. The number of alkyl halides is 3. The number of likely N-dealkylation sites (N-methyl/N-ethyl adjacent to an activating group) is 1. The quantitative estimate of drug-likeness (QED) is 0.801. The van der Waals surface area contributed by atoms with E-state index in [4.69, 9.17) is 0 Å². The van der Waals surface area contributed by atoms with Gasteiger partial charge in [0.1, 0.15) is 5.54 Å². The van der Waals surface area contributed by atoms with Gasteiger partial charge in [0.15, 0.2) is 0 Å². The van der Waals surface area contributed by atoms with Crippen molar-refractivity contribution < 1.29 is 13.2 Å². The Kier molecular flexibility index (Phi) is 3.66. The molecular weight excluding hydrogens is 231 g/mol. The first-order chi connectivity index (χ1) is 7.93. The summed E-state index contributed by atoms with van der Waals surface area (Å²) < 4.78 is 37.9. The Labute approximate surface area is 99.9 Å². The Hall–Kier alpha value is -0.330. The molecule has 1 saturated carbocycles. The molecule has 2 rings (SSSR count). The van der Waals surface area contributed by atoms with Crippen molar-refractivity contribution in [2.24, 2.45) is 0 Å². The Balaban J connectivity index is 1.67. The standard InChI is InChI=1S/C11H20F3N3/c1-16-6-8-17(9-7-16)5-4-15-10(2-3-10)11(12,13)14/h15H,2-9H2,1H3.